The molecular weight excluding hydrogens is 444 g/mol. The van der Waals surface area contributed by atoms with Gasteiger partial charge >= 0.3 is 5.97 Å². The third-order valence-corrected chi connectivity index (χ3v) is 6.65. The van der Waals surface area contributed by atoms with Crippen LogP contribution in [0.5, 0.6) is 0 Å². The second kappa shape index (κ2) is 13.0. The molecule has 1 aliphatic rings. The Morgan fingerprint density at radius 1 is 1.09 bits per heavy atom. The molecule has 1 unspecified atom stereocenters. The van der Waals surface area contributed by atoms with E-state index in [9.17, 15) is 14.4 Å². The number of hydrogen-bond acceptors (Lipinski definition) is 6. The van der Waals surface area contributed by atoms with Crippen LogP contribution in [0.1, 0.15) is 31.4 Å². The summed E-state index contributed by atoms with van der Waals surface area (Å²) in [4.78, 5) is 39.8. The average molecular weight is 481 g/mol. The molecule has 0 aromatic heterocycles. The highest BCUT2D eigenvalue weighted by molar-refractivity contribution is 5.86. The number of fused-ring (bicyclic) bond motifs is 1. The maximum absolute atomic E-state index is 12.3. The van der Waals surface area contributed by atoms with E-state index in [2.05, 4.69) is 74.6 Å². The van der Waals surface area contributed by atoms with E-state index in [0.717, 1.165) is 25.9 Å². The Balaban J connectivity index is 1.40. The molecule has 1 saturated heterocycles. The third-order valence-electron chi connectivity index (χ3n) is 6.65. The lowest BCUT2D eigenvalue weighted by molar-refractivity contribution is -0.134. The molecule has 0 bridgehead atoms. The zero-order valence-electron chi connectivity index (χ0n) is 20.8. The molecule has 1 heterocycles. The molecule has 0 saturated carbocycles. The van der Waals surface area contributed by atoms with Crippen LogP contribution in [0.25, 0.3) is 10.8 Å². The van der Waals surface area contributed by atoms with Gasteiger partial charge in [0.1, 0.15) is 0 Å². The predicted molar refractivity (Wildman–Crippen MR) is 137 cm³/mol. The van der Waals surface area contributed by atoms with Crippen LogP contribution < -0.4 is 10.6 Å². The number of amides is 2. The van der Waals surface area contributed by atoms with Crippen molar-refractivity contribution >= 4 is 28.6 Å². The van der Waals surface area contributed by atoms with Crippen molar-refractivity contribution in [3.8, 4) is 0 Å². The maximum atomic E-state index is 12.3. The standard InChI is InChI=1S/C27H36N4O4/c1-20(23-11-6-9-21-8-4-5-10-24(21)23)31-16-13-22(14-17-31)30(2)19-26(33)29-18-25(32)28-15-7-12-27(34)35-3/h4-12,20,22H,13-19H2,1-3H3,(H,28,32)(H,29,33)/b12-7+. The fraction of sp³-hybridized carbons (Fsp3) is 0.444. The van der Waals surface area contributed by atoms with Crippen LogP contribution in [-0.2, 0) is 19.1 Å². The van der Waals surface area contributed by atoms with Gasteiger partial charge in [-0.05, 0) is 43.1 Å². The number of benzene rings is 2. The minimum absolute atomic E-state index is 0.0975. The van der Waals surface area contributed by atoms with Crippen LogP contribution in [0, 0.1) is 0 Å². The molecule has 8 nitrogen and oxygen atoms in total. The molecule has 0 radical (unpaired) electrons. The normalized spacial score (nSPS) is 15.9. The summed E-state index contributed by atoms with van der Waals surface area (Å²) in [6.45, 7) is 4.57. The van der Waals surface area contributed by atoms with Crippen molar-refractivity contribution in [3.05, 3.63) is 60.2 Å². The monoisotopic (exact) mass is 480 g/mol. The summed E-state index contributed by atoms with van der Waals surface area (Å²) in [7, 11) is 3.25. The molecule has 35 heavy (non-hydrogen) atoms. The molecule has 0 spiro atoms. The first-order chi connectivity index (χ1) is 16.9. The Labute approximate surface area is 207 Å². The van der Waals surface area contributed by atoms with Crippen molar-refractivity contribution in [2.24, 2.45) is 0 Å². The summed E-state index contributed by atoms with van der Waals surface area (Å²) >= 11 is 0. The Morgan fingerprint density at radius 3 is 2.54 bits per heavy atom. The number of likely N-dealkylation sites (tertiary alicyclic amines) is 1. The summed E-state index contributed by atoms with van der Waals surface area (Å²) in [6, 6.07) is 15.7. The first-order valence-corrected chi connectivity index (χ1v) is 12.1. The highest BCUT2D eigenvalue weighted by atomic mass is 16.5. The van der Waals surface area contributed by atoms with Gasteiger partial charge in [0, 0.05) is 37.8 Å². The van der Waals surface area contributed by atoms with Gasteiger partial charge in [-0.3, -0.25) is 19.4 Å². The van der Waals surface area contributed by atoms with E-state index in [1.165, 1.54) is 35.6 Å². The van der Waals surface area contributed by atoms with E-state index in [1.54, 1.807) is 0 Å². The molecule has 8 heteroatoms. The number of ether oxygens (including phenoxy) is 1. The zero-order valence-corrected chi connectivity index (χ0v) is 20.8. The SMILES string of the molecule is COC(=O)/C=C/CNC(=O)CNC(=O)CN(C)C1CCN(C(C)c2cccc3ccccc23)CC1. The molecule has 2 amide bonds. The Bertz CT molecular complexity index is 1040. The van der Waals surface area contributed by atoms with Crippen molar-refractivity contribution in [1.29, 1.82) is 0 Å². The predicted octanol–water partition coefficient (Wildman–Crippen LogP) is 2.26. The van der Waals surface area contributed by atoms with Gasteiger partial charge in [-0.25, -0.2) is 4.79 Å². The number of esters is 1. The summed E-state index contributed by atoms with van der Waals surface area (Å²) < 4.78 is 4.47. The minimum atomic E-state index is -0.482. The van der Waals surface area contributed by atoms with Crippen molar-refractivity contribution < 1.29 is 19.1 Å². The fourth-order valence-corrected chi connectivity index (χ4v) is 4.57. The van der Waals surface area contributed by atoms with Crippen molar-refractivity contribution in [2.75, 3.05) is 46.9 Å². The van der Waals surface area contributed by atoms with Crippen LogP contribution in [-0.4, -0.2) is 80.5 Å². The highest BCUT2D eigenvalue weighted by Crippen LogP contribution is 2.30. The fourth-order valence-electron chi connectivity index (χ4n) is 4.57. The number of carbonyl (C=O) groups is 3. The molecule has 0 aliphatic carbocycles. The average Bonchev–Trinajstić information content (AvgIpc) is 2.89. The number of methoxy groups -OCH3 is 1. The first-order valence-electron chi connectivity index (χ1n) is 12.1. The number of nitrogens with one attached hydrogen (secondary N) is 2. The number of piperidine rings is 1. The summed E-state index contributed by atoms with van der Waals surface area (Å²) in [5.74, 6) is -0.977. The Morgan fingerprint density at radius 2 is 1.80 bits per heavy atom. The van der Waals surface area contributed by atoms with Crippen molar-refractivity contribution in [2.45, 2.75) is 31.8 Å². The van der Waals surface area contributed by atoms with E-state index in [1.807, 2.05) is 7.05 Å². The topological polar surface area (TPSA) is 91.0 Å². The van der Waals surface area contributed by atoms with Crippen LogP contribution >= 0.6 is 0 Å². The van der Waals surface area contributed by atoms with E-state index in [-0.39, 0.29) is 31.4 Å². The van der Waals surface area contributed by atoms with Crippen LogP contribution in [0.3, 0.4) is 0 Å². The molecule has 2 aromatic rings. The molecule has 2 N–H and O–H groups in total. The minimum Gasteiger partial charge on any atom is -0.466 e. The number of rotatable bonds is 10. The lowest BCUT2D eigenvalue weighted by Gasteiger charge is -2.39. The van der Waals surface area contributed by atoms with E-state index in [0.29, 0.717) is 12.1 Å². The second-order valence-electron chi connectivity index (χ2n) is 8.93. The quantitative estimate of drug-likeness (QED) is 0.401. The van der Waals surface area contributed by atoms with Crippen LogP contribution in [0.15, 0.2) is 54.6 Å². The molecule has 188 valence electrons. The van der Waals surface area contributed by atoms with Crippen molar-refractivity contribution in [3.63, 3.8) is 0 Å². The van der Waals surface area contributed by atoms with Gasteiger partial charge < -0.3 is 15.4 Å². The summed E-state index contributed by atoms with van der Waals surface area (Å²) in [5.41, 5.74) is 1.35. The first kappa shape index (κ1) is 26.4. The van der Waals surface area contributed by atoms with E-state index >= 15 is 0 Å². The lowest BCUT2D eigenvalue weighted by Crippen LogP contribution is -2.48. The molecule has 3 rings (SSSR count). The molecule has 1 fully saturated rings. The number of nitrogens with zero attached hydrogens (tertiary/aromatic N) is 2. The van der Waals surface area contributed by atoms with Gasteiger partial charge in [-0.2, -0.15) is 0 Å². The van der Waals surface area contributed by atoms with Gasteiger partial charge in [-0.1, -0.05) is 48.5 Å². The Kier molecular flexibility index (Phi) is 9.81. The maximum Gasteiger partial charge on any atom is 0.330 e. The summed E-state index contributed by atoms with van der Waals surface area (Å²) in [5, 5.41) is 7.84. The highest BCUT2D eigenvalue weighted by Gasteiger charge is 2.27. The van der Waals surface area contributed by atoms with E-state index in [4.69, 9.17) is 0 Å². The molecular formula is C27H36N4O4. The molecule has 2 aromatic carbocycles. The zero-order chi connectivity index (χ0) is 25.2. The lowest BCUT2D eigenvalue weighted by atomic mass is 9.96. The molecule has 1 atom stereocenters. The smallest absolute Gasteiger partial charge is 0.330 e. The largest absolute Gasteiger partial charge is 0.466 e. The van der Waals surface area contributed by atoms with Crippen LogP contribution in [0.2, 0.25) is 0 Å². The van der Waals surface area contributed by atoms with Gasteiger partial charge in [0.05, 0.1) is 20.2 Å². The van der Waals surface area contributed by atoms with E-state index < -0.39 is 5.97 Å². The van der Waals surface area contributed by atoms with Gasteiger partial charge in [0.2, 0.25) is 11.8 Å². The van der Waals surface area contributed by atoms with Gasteiger partial charge in [0.25, 0.3) is 0 Å². The van der Waals surface area contributed by atoms with Crippen LogP contribution in [0.4, 0.5) is 0 Å². The number of carbonyl (C=O) groups excluding carboxylic acids is 3. The second-order valence-corrected chi connectivity index (χ2v) is 8.93. The van der Waals surface area contributed by atoms with Gasteiger partial charge in [-0.15, -0.1) is 0 Å². The number of likely N-dealkylation sites (N-methyl/N-ethyl adjacent to an activating group) is 1. The molecule has 1 aliphatic heterocycles. The third kappa shape index (κ3) is 7.63. The Hall–Kier alpha value is -3.23. The van der Waals surface area contributed by atoms with Crippen molar-refractivity contribution in [1.82, 2.24) is 20.4 Å². The van der Waals surface area contributed by atoms with Gasteiger partial charge in [0.15, 0.2) is 0 Å². The summed E-state index contributed by atoms with van der Waals surface area (Å²) in [6.07, 6.45) is 4.71. The number of hydrogen-bond donors (Lipinski definition) is 2.